The maximum Gasteiger partial charge on any atom is 0.303 e. The van der Waals surface area contributed by atoms with E-state index in [0.717, 1.165) is 88.0 Å². The predicted octanol–water partition coefficient (Wildman–Crippen LogP) is 19.2. The molecule has 0 aliphatic carbocycles. The van der Waals surface area contributed by atoms with Gasteiger partial charge in [0.25, 0.3) is 11.8 Å². The summed E-state index contributed by atoms with van der Waals surface area (Å²) >= 11 is 2.98. The zero-order chi connectivity index (χ0) is 86.6. The van der Waals surface area contributed by atoms with Crippen LogP contribution in [0.4, 0.5) is 34.4 Å². The Hall–Kier alpha value is -11.7. The summed E-state index contributed by atoms with van der Waals surface area (Å²) in [7, 11) is 13.2. The molecule has 31 heteroatoms. The third-order valence-corrected chi connectivity index (χ3v) is 29.6. The van der Waals surface area contributed by atoms with Gasteiger partial charge >= 0.3 is 5.97 Å². The molecule has 2 atom stereocenters. The summed E-state index contributed by atoms with van der Waals surface area (Å²) in [5.74, 6) is 1.43. The van der Waals surface area contributed by atoms with E-state index < -0.39 is 5.97 Å². The van der Waals surface area contributed by atoms with Gasteiger partial charge in [0, 0.05) is 145 Å². The molecular formula is C92H90N12O13S6. The molecule has 0 saturated heterocycles. The van der Waals surface area contributed by atoms with Gasteiger partial charge in [-0.25, -0.2) is 19.9 Å². The minimum absolute atomic E-state index is 0.0277. The number of Topliss-reactive ketones (excluding diaryl/α,β-unsaturated/α-hetero) is 4. The molecular weight excluding hydrogens is 1670 g/mol. The first-order chi connectivity index (χ1) is 59.2. The van der Waals surface area contributed by atoms with E-state index in [0.29, 0.717) is 94.1 Å². The van der Waals surface area contributed by atoms with Crippen LogP contribution in [0.1, 0.15) is 163 Å². The summed E-state index contributed by atoms with van der Waals surface area (Å²) in [5, 5.41) is 15.3. The third kappa shape index (κ3) is 21.7. The van der Waals surface area contributed by atoms with E-state index in [-0.39, 0.29) is 113 Å². The summed E-state index contributed by atoms with van der Waals surface area (Å²) in [5.41, 5.74) is 13.3. The van der Waals surface area contributed by atoms with Crippen LogP contribution >= 0.6 is 65.8 Å². The normalized spacial score (nSPS) is 14.2. The number of carboxylic acid groups (broad SMARTS) is 1. The predicted molar refractivity (Wildman–Crippen MR) is 491 cm³/mol. The maximum atomic E-state index is 13.7. The van der Waals surface area contributed by atoms with Crippen molar-refractivity contribution in [2.45, 2.75) is 136 Å². The number of para-hydroxylation sites is 2. The molecule has 123 heavy (non-hydrogen) atoms. The summed E-state index contributed by atoms with van der Waals surface area (Å²) < 4.78 is 27.8. The monoisotopic (exact) mass is 1760 g/mol. The second kappa shape index (κ2) is 39.2. The molecule has 4 N–H and O–H groups in total. The number of rotatable bonds is 33. The molecule has 0 unspecified atom stereocenters. The van der Waals surface area contributed by atoms with Gasteiger partial charge in [0.1, 0.15) is 15.9 Å². The van der Waals surface area contributed by atoms with Crippen molar-refractivity contribution in [3.8, 4) is 23.0 Å². The number of nitrogens with two attached hydrogens (primary N) is 1. The highest BCUT2D eigenvalue weighted by Gasteiger charge is 2.39. The van der Waals surface area contributed by atoms with Crippen molar-refractivity contribution in [1.82, 2.24) is 29.1 Å². The van der Waals surface area contributed by atoms with Gasteiger partial charge in [-0.1, -0.05) is 82.3 Å². The molecule has 25 nitrogen and oxygen atoms in total. The van der Waals surface area contributed by atoms with Gasteiger partial charge in [-0.3, -0.25) is 58.1 Å². The topological polar surface area (TPSA) is 324 Å². The van der Waals surface area contributed by atoms with E-state index >= 15 is 0 Å². The number of hydrogen-bond donors (Lipinski definition) is 3. The Labute approximate surface area is 734 Å². The number of carboxylic acids is 1. The SMILES string of the molecule is COc1cc2c(cc1OCCCC(=O)Nc1cn(C)c(C(=O)Cc3ccc4sc(C(=O)CCC(C)(C)SSc5ccccn5)cc4c3)n1)N=C[C@@H]1Cc3ccccc3N1C2=O.COc1cc2c(cc1OCCCC(=O)O)N=C[C@@H]1Cc3ccccc3N1C2=O.Cn1cc(N)nc1C(=O)Cc1ccc2sc(C(=O)CCC(C)(C)SSc3ccccn3)cc2c1. The van der Waals surface area contributed by atoms with Crippen molar-refractivity contribution in [2.24, 2.45) is 24.1 Å². The number of methoxy groups -OCH3 is 2. The first-order valence-corrected chi connectivity index (χ1v) is 45.8. The van der Waals surface area contributed by atoms with Crippen LogP contribution in [0.5, 0.6) is 23.0 Å². The number of nitrogen functional groups attached to an aromatic ring is 1. The molecule has 0 saturated carbocycles. The summed E-state index contributed by atoms with van der Waals surface area (Å²) in [6.45, 7) is 9.05. The summed E-state index contributed by atoms with van der Waals surface area (Å²) in [6, 6.07) is 49.4. The second-order valence-corrected chi connectivity index (χ2v) is 38.8. The van der Waals surface area contributed by atoms with Crippen LogP contribution in [0.2, 0.25) is 0 Å². The van der Waals surface area contributed by atoms with E-state index in [2.05, 4.69) is 62.9 Å². The highest BCUT2D eigenvalue weighted by Crippen LogP contribution is 2.47. The van der Waals surface area contributed by atoms with Crippen molar-refractivity contribution in [3.63, 3.8) is 0 Å². The summed E-state index contributed by atoms with van der Waals surface area (Å²) in [6.07, 6.45) is 15.6. The van der Waals surface area contributed by atoms with Gasteiger partial charge in [-0.15, -0.1) is 22.7 Å². The number of carbonyl (C=O) groups is 8. The van der Waals surface area contributed by atoms with Gasteiger partial charge < -0.3 is 44.2 Å². The van der Waals surface area contributed by atoms with Gasteiger partial charge in [-0.05, 0) is 193 Å². The van der Waals surface area contributed by atoms with E-state index in [1.54, 1.807) is 138 Å². The highest BCUT2D eigenvalue weighted by molar-refractivity contribution is 8.77. The lowest BCUT2D eigenvalue weighted by molar-refractivity contribution is -0.137. The lowest BCUT2D eigenvalue weighted by atomic mass is 10.0. The number of amides is 3. The third-order valence-electron chi connectivity index (χ3n) is 20.7. The lowest BCUT2D eigenvalue weighted by Gasteiger charge is -2.22. The number of ether oxygens (including phenoxy) is 4. The smallest absolute Gasteiger partial charge is 0.303 e. The molecule has 16 rings (SSSR count). The molecule has 0 bridgehead atoms. The van der Waals surface area contributed by atoms with Gasteiger partial charge in [0.2, 0.25) is 17.5 Å². The zero-order valence-corrected chi connectivity index (χ0v) is 73.8. The number of aliphatic carboxylic acids is 1. The number of hydrogen-bond acceptors (Lipinski definition) is 25. The molecule has 6 aromatic heterocycles. The molecule has 3 amide bonds. The number of nitrogens with one attached hydrogen (secondary N) is 1. The van der Waals surface area contributed by atoms with Crippen LogP contribution in [0.25, 0.3) is 20.2 Å². The number of imidazole rings is 2. The second-order valence-electron chi connectivity index (χ2n) is 31.0. The van der Waals surface area contributed by atoms with Crippen LogP contribution in [0.15, 0.2) is 203 Å². The summed E-state index contributed by atoms with van der Waals surface area (Å²) in [4.78, 5) is 134. The number of benzene rings is 6. The van der Waals surface area contributed by atoms with E-state index in [1.165, 1.54) is 36.9 Å². The van der Waals surface area contributed by atoms with Crippen LogP contribution in [-0.2, 0) is 49.4 Å². The van der Waals surface area contributed by atoms with Crippen LogP contribution in [0.3, 0.4) is 0 Å². The van der Waals surface area contributed by atoms with E-state index in [4.69, 9.17) is 29.8 Å². The van der Waals surface area contributed by atoms with Crippen molar-refractivity contribution in [3.05, 3.63) is 237 Å². The first-order valence-electron chi connectivity index (χ1n) is 39.9. The largest absolute Gasteiger partial charge is 0.493 e. The molecule has 0 radical (unpaired) electrons. The fourth-order valence-electron chi connectivity index (χ4n) is 14.4. The number of ketones is 4. The standard InChI is InChI=1S/C46H44N6O6S3.C25H26N4O2S3.C21H20N2O5/c1-46(2,61-60-43-13-7-8-18-47-43)17-16-35(53)40-23-30-20-28(14-15-39(30)59-40)21-36(54)44-50-41(27-51(44)3)49-42(55)12-9-19-58-38-25-33-32(24-37(38)57-4)45(56)52-31(26-48-33)22-29-10-5-6-11-34(29)52;1-25(2,34-33-23-6-4-5-11-27-23)10-9-18(30)21-14-17-12-16(7-8-20(17)32-21)13-19(31)24-28-22(26)15-29(24)3;1-27-18-10-15-16(11-19(18)28-8-4-7-20(24)25)22-12-14-9-13-5-2-3-6-17(13)23(14)21(15)26/h5-8,10-11,13-15,18,20,23-27,31H,9,12,16-17,19,21-22H2,1-4H3,(H,49,55);4-8,11-12,14-15H,9-10,13,26H2,1-3H3;2-3,5-6,10-12,14H,4,7-9H2,1H3,(H,24,25)/t31-;;14-/m0.0/s1. The molecule has 10 heterocycles. The Morgan fingerprint density at radius 2 is 0.992 bits per heavy atom. The molecule has 12 aromatic rings. The van der Waals surface area contributed by atoms with Crippen molar-refractivity contribution >= 4 is 180 Å². The fourth-order valence-corrected chi connectivity index (χ4v) is 20.9. The lowest BCUT2D eigenvalue weighted by Crippen LogP contribution is -2.37. The molecule has 6 aromatic carbocycles. The van der Waals surface area contributed by atoms with E-state index in [9.17, 15) is 38.4 Å². The maximum absolute atomic E-state index is 13.7. The number of aryl methyl sites for hydroxylation is 2. The highest BCUT2D eigenvalue weighted by atomic mass is 33.1. The molecule has 632 valence electrons. The van der Waals surface area contributed by atoms with Crippen molar-refractivity contribution < 1.29 is 62.4 Å². The van der Waals surface area contributed by atoms with Gasteiger partial charge in [0.05, 0.1) is 71.8 Å². The molecule has 4 aliphatic heterocycles. The minimum atomic E-state index is -0.867. The van der Waals surface area contributed by atoms with Crippen LogP contribution in [-0.4, -0.2) is 142 Å². The van der Waals surface area contributed by atoms with E-state index in [1.807, 2.05) is 133 Å². The Morgan fingerprint density at radius 3 is 1.44 bits per heavy atom. The van der Waals surface area contributed by atoms with Gasteiger partial charge in [0.15, 0.2) is 52.0 Å². The number of fused-ring (bicyclic) bond motifs is 10. The van der Waals surface area contributed by atoms with Crippen LogP contribution in [0, 0.1) is 0 Å². The number of pyridine rings is 2. The Kier molecular flexibility index (Phi) is 27.9. The number of anilines is 4. The first kappa shape index (κ1) is 87.6. The number of carbonyl (C=O) groups excluding carboxylic acids is 7. The molecule has 0 spiro atoms. The average molecular weight is 1760 g/mol. The Balaban J connectivity index is 0.000000167. The Morgan fingerprint density at radius 1 is 0.537 bits per heavy atom. The molecule has 0 fully saturated rings. The van der Waals surface area contributed by atoms with Gasteiger partial charge in [-0.2, -0.15) is 0 Å². The Bertz CT molecular complexity index is 6060. The average Bonchev–Trinajstić information content (AvgIpc) is 1.62. The fraction of sp³-hybridized carbons (Fsp3) is 0.283. The number of thiophene rings is 2. The minimum Gasteiger partial charge on any atom is -0.493 e. The van der Waals surface area contributed by atoms with Crippen molar-refractivity contribution in [2.75, 3.05) is 48.3 Å². The number of nitrogens with zero attached hydrogens (tertiary/aromatic N) is 10. The van der Waals surface area contributed by atoms with Crippen LogP contribution < -0.4 is 39.8 Å². The quantitative estimate of drug-likeness (QED) is 0.0195. The van der Waals surface area contributed by atoms with Crippen molar-refractivity contribution in [1.29, 1.82) is 0 Å². The number of aromatic nitrogens is 6. The zero-order valence-electron chi connectivity index (χ0n) is 68.9. The molecule has 4 aliphatic rings. The number of aliphatic imine (C=N–C) groups is 2.